The number of hydrogen-bond acceptors (Lipinski definition) is 5. The van der Waals surface area contributed by atoms with Crippen LogP contribution in [-0.2, 0) is 17.9 Å². The summed E-state index contributed by atoms with van der Waals surface area (Å²) in [5.41, 5.74) is 2.06. The zero-order valence-corrected chi connectivity index (χ0v) is 17.6. The Labute approximate surface area is 169 Å². The third-order valence-corrected chi connectivity index (χ3v) is 6.07. The highest BCUT2D eigenvalue weighted by atomic mass is 35.5. The molecule has 2 aromatic rings. The van der Waals surface area contributed by atoms with E-state index in [4.69, 9.17) is 16.3 Å². The maximum Gasteiger partial charge on any atom is 0.225 e. The fourth-order valence-electron chi connectivity index (χ4n) is 3.56. The van der Waals surface area contributed by atoms with Crippen LogP contribution >= 0.6 is 22.9 Å². The lowest BCUT2D eigenvalue weighted by Gasteiger charge is -2.33. The molecule has 0 N–H and O–H groups in total. The second-order valence-corrected chi connectivity index (χ2v) is 8.56. The van der Waals surface area contributed by atoms with Gasteiger partial charge in [0.25, 0.3) is 0 Å². The van der Waals surface area contributed by atoms with E-state index in [1.807, 2.05) is 26.1 Å². The molecule has 1 aromatic heterocycles. The third kappa shape index (κ3) is 5.21. The van der Waals surface area contributed by atoms with Crippen LogP contribution < -0.4 is 4.74 Å². The molecule has 1 fully saturated rings. The molecule has 27 heavy (non-hydrogen) atoms. The average molecular weight is 408 g/mol. The van der Waals surface area contributed by atoms with Crippen LogP contribution in [0.3, 0.4) is 0 Å². The van der Waals surface area contributed by atoms with E-state index in [1.54, 1.807) is 29.4 Å². The van der Waals surface area contributed by atoms with Crippen molar-refractivity contribution < 1.29 is 9.53 Å². The van der Waals surface area contributed by atoms with Crippen LogP contribution in [0.15, 0.2) is 23.6 Å². The molecule has 0 atom stereocenters. The number of methoxy groups -OCH3 is 1. The molecule has 0 unspecified atom stereocenters. The van der Waals surface area contributed by atoms with Crippen molar-refractivity contribution in [3.63, 3.8) is 0 Å². The van der Waals surface area contributed by atoms with Gasteiger partial charge in [0.1, 0.15) is 5.75 Å². The van der Waals surface area contributed by atoms with Crippen LogP contribution in [0.5, 0.6) is 5.75 Å². The van der Waals surface area contributed by atoms with Crippen LogP contribution in [0.25, 0.3) is 0 Å². The standard InChI is InChI=1S/C20H26ClN3O2S/c1-14-22-18(13-27-14)12-24-8-6-15(7-9-24)20(25)23(2)11-16-10-17(21)4-5-19(16)26-3/h4-5,10,13,15H,6-9,11-12H2,1-3H3. The van der Waals surface area contributed by atoms with E-state index in [0.717, 1.165) is 54.5 Å². The lowest BCUT2D eigenvalue weighted by molar-refractivity contribution is -0.136. The van der Waals surface area contributed by atoms with E-state index in [0.29, 0.717) is 11.6 Å². The van der Waals surface area contributed by atoms with Gasteiger partial charge in [-0.1, -0.05) is 11.6 Å². The molecule has 0 bridgehead atoms. The van der Waals surface area contributed by atoms with Crippen molar-refractivity contribution in [1.82, 2.24) is 14.8 Å². The Hall–Kier alpha value is -1.63. The van der Waals surface area contributed by atoms with E-state index < -0.39 is 0 Å². The Kier molecular flexibility index (Phi) is 6.73. The molecule has 146 valence electrons. The summed E-state index contributed by atoms with van der Waals surface area (Å²) < 4.78 is 5.39. The Morgan fingerprint density at radius 1 is 1.41 bits per heavy atom. The minimum atomic E-state index is 0.0774. The van der Waals surface area contributed by atoms with Crippen LogP contribution in [0, 0.1) is 12.8 Å². The molecule has 0 saturated carbocycles. The highest BCUT2D eigenvalue weighted by Gasteiger charge is 2.27. The Morgan fingerprint density at radius 3 is 2.78 bits per heavy atom. The number of hydrogen-bond donors (Lipinski definition) is 0. The van der Waals surface area contributed by atoms with Gasteiger partial charge in [0.2, 0.25) is 5.91 Å². The van der Waals surface area contributed by atoms with Crippen molar-refractivity contribution in [3.8, 4) is 5.75 Å². The van der Waals surface area contributed by atoms with Gasteiger partial charge in [-0.2, -0.15) is 0 Å². The monoisotopic (exact) mass is 407 g/mol. The summed E-state index contributed by atoms with van der Waals surface area (Å²) in [6.45, 7) is 5.27. The largest absolute Gasteiger partial charge is 0.496 e. The number of halogens is 1. The topological polar surface area (TPSA) is 45.7 Å². The minimum absolute atomic E-state index is 0.0774. The second kappa shape index (κ2) is 9.04. The summed E-state index contributed by atoms with van der Waals surface area (Å²) in [5, 5.41) is 3.88. The van der Waals surface area contributed by atoms with E-state index >= 15 is 0 Å². The zero-order chi connectivity index (χ0) is 19.4. The summed E-state index contributed by atoms with van der Waals surface area (Å²) in [6, 6.07) is 5.50. The first-order valence-corrected chi connectivity index (χ1v) is 10.4. The molecule has 7 heteroatoms. The number of nitrogens with zero attached hydrogens (tertiary/aromatic N) is 3. The number of rotatable bonds is 6. The quantitative estimate of drug-likeness (QED) is 0.726. The molecule has 0 radical (unpaired) electrons. The lowest BCUT2D eigenvalue weighted by atomic mass is 9.95. The van der Waals surface area contributed by atoms with Crippen molar-refractivity contribution in [3.05, 3.63) is 44.9 Å². The van der Waals surface area contributed by atoms with Gasteiger partial charge >= 0.3 is 0 Å². The molecule has 5 nitrogen and oxygen atoms in total. The van der Waals surface area contributed by atoms with Crippen LogP contribution in [0.2, 0.25) is 5.02 Å². The third-order valence-electron chi connectivity index (χ3n) is 5.02. The molecule has 2 heterocycles. The zero-order valence-electron chi connectivity index (χ0n) is 16.1. The molecular weight excluding hydrogens is 382 g/mol. The fraction of sp³-hybridized carbons (Fsp3) is 0.500. The first kappa shape index (κ1) is 20.1. The van der Waals surface area contributed by atoms with Gasteiger partial charge in [0.05, 0.1) is 17.8 Å². The van der Waals surface area contributed by atoms with Gasteiger partial charge in [0, 0.05) is 42.0 Å². The van der Waals surface area contributed by atoms with Gasteiger partial charge in [-0.15, -0.1) is 11.3 Å². The van der Waals surface area contributed by atoms with Gasteiger partial charge < -0.3 is 9.64 Å². The summed E-state index contributed by atoms with van der Waals surface area (Å²) in [6.07, 6.45) is 1.78. The van der Waals surface area contributed by atoms with Crippen molar-refractivity contribution in [2.45, 2.75) is 32.9 Å². The number of piperidine rings is 1. The lowest BCUT2D eigenvalue weighted by Crippen LogP contribution is -2.40. The molecule has 3 rings (SSSR count). The summed E-state index contributed by atoms with van der Waals surface area (Å²) in [7, 11) is 3.49. The molecule has 0 spiro atoms. The van der Waals surface area contributed by atoms with Gasteiger partial charge in [-0.3, -0.25) is 9.69 Å². The molecule has 1 aliphatic heterocycles. The molecule has 1 aromatic carbocycles. The second-order valence-electron chi connectivity index (χ2n) is 7.06. The summed E-state index contributed by atoms with van der Waals surface area (Å²) >= 11 is 7.79. The SMILES string of the molecule is COc1ccc(Cl)cc1CN(C)C(=O)C1CCN(Cc2csc(C)n2)CC1. The van der Waals surface area contributed by atoms with Gasteiger partial charge in [0.15, 0.2) is 0 Å². The van der Waals surface area contributed by atoms with Crippen molar-refractivity contribution >= 4 is 28.8 Å². The number of carbonyl (C=O) groups is 1. The first-order valence-electron chi connectivity index (χ1n) is 9.17. The van der Waals surface area contributed by atoms with E-state index in [9.17, 15) is 4.79 Å². The first-order chi connectivity index (χ1) is 13.0. The minimum Gasteiger partial charge on any atom is -0.496 e. The molecule has 1 aliphatic rings. The van der Waals surface area contributed by atoms with Gasteiger partial charge in [-0.25, -0.2) is 4.98 Å². The number of aryl methyl sites for hydroxylation is 1. The molecule has 1 saturated heterocycles. The predicted molar refractivity (Wildman–Crippen MR) is 109 cm³/mol. The highest BCUT2D eigenvalue weighted by Crippen LogP contribution is 2.26. The Balaban J connectivity index is 1.53. The highest BCUT2D eigenvalue weighted by molar-refractivity contribution is 7.09. The molecule has 1 amide bonds. The van der Waals surface area contributed by atoms with Crippen LogP contribution in [0.1, 0.15) is 29.1 Å². The maximum absolute atomic E-state index is 12.9. The molecule has 0 aliphatic carbocycles. The number of likely N-dealkylation sites (tertiary alicyclic amines) is 1. The van der Waals surface area contributed by atoms with Crippen LogP contribution in [-0.4, -0.2) is 47.9 Å². The number of carbonyl (C=O) groups excluding carboxylic acids is 1. The number of ether oxygens (including phenoxy) is 1. The van der Waals surface area contributed by atoms with E-state index in [1.165, 1.54) is 0 Å². The predicted octanol–water partition coefficient (Wildman–Crippen LogP) is 3.98. The van der Waals surface area contributed by atoms with Crippen LogP contribution in [0.4, 0.5) is 0 Å². The number of aromatic nitrogens is 1. The Bertz CT molecular complexity index is 787. The smallest absolute Gasteiger partial charge is 0.225 e. The van der Waals surface area contributed by atoms with Gasteiger partial charge in [-0.05, 0) is 51.1 Å². The maximum atomic E-state index is 12.9. The fourth-order valence-corrected chi connectivity index (χ4v) is 4.36. The Morgan fingerprint density at radius 2 is 2.15 bits per heavy atom. The number of thiazole rings is 1. The number of amides is 1. The van der Waals surface area contributed by atoms with Crippen molar-refractivity contribution in [2.24, 2.45) is 5.92 Å². The van der Waals surface area contributed by atoms with Crippen molar-refractivity contribution in [2.75, 3.05) is 27.2 Å². The number of benzene rings is 1. The average Bonchev–Trinajstić information content (AvgIpc) is 3.06. The normalized spacial score (nSPS) is 15.7. The van der Waals surface area contributed by atoms with Crippen molar-refractivity contribution in [1.29, 1.82) is 0 Å². The summed E-state index contributed by atoms with van der Waals surface area (Å²) in [4.78, 5) is 21.6. The van der Waals surface area contributed by atoms with E-state index in [-0.39, 0.29) is 11.8 Å². The summed E-state index contributed by atoms with van der Waals surface area (Å²) in [5.74, 6) is 1.03. The van der Waals surface area contributed by atoms with E-state index in [2.05, 4.69) is 15.3 Å². The molecular formula is C20H26ClN3O2S.